The van der Waals surface area contributed by atoms with Gasteiger partial charge < -0.3 is 0 Å². The summed E-state index contributed by atoms with van der Waals surface area (Å²) >= 11 is 0. The van der Waals surface area contributed by atoms with Crippen molar-refractivity contribution in [1.82, 2.24) is 9.88 Å². The van der Waals surface area contributed by atoms with Crippen molar-refractivity contribution in [2.24, 2.45) is 0 Å². The van der Waals surface area contributed by atoms with Gasteiger partial charge in [0.15, 0.2) is 0 Å². The molecule has 0 aromatic carbocycles. The summed E-state index contributed by atoms with van der Waals surface area (Å²) in [7, 11) is 0. The van der Waals surface area contributed by atoms with Crippen LogP contribution < -0.4 is 0 Å². The lowest BCUT2D eigenvalue weighted by Gasteiger charge is -2.48. The van der Waals surface area contributed by atoms with Gasteiger partial charge in [-0.1, -0.05) is 0 Å². The lowest BCUT2D eigenvalue weighted by Crippen LogP contribution is -2.54. The van der Waals surface area contributed by atoms with Crippen LogP contribution in [-0.4, -0.2) is 23.0 Å². The summed E-state index contributed by atoms with van der Waals surface area (Å²) < 4.78 is 38.9. The first kappa shape index (κ1) is 11.0. The Balaban J connectivity index is 2.09. The predicted octanol–water partition coefficient (Wildman–Crippen LogP) is 2.80. The first-order chi connectivity index (χ1) is 8.04. The zero-order valence-corrected chi connectivity index (χ0v) is 9.30. The van der Waals surface area contributed by atoms with E-state index in [4.69, 9.17) is 0 Å². The van der Waals surface area contributed by atoms with Crippen molar-refractivity contribution in [1.29, 1.82) is 0 Å². The van der Waals surface area contributed by atoms with Gasteiger partial charge in [-0.2, -0.15) is 13.2 Å². The van der Waals surface area contributed by atoms with E-state index in [0.29, 0.717) is 0 Å². The maximum Gasteiger partial charge on any atom is 0.418 e. The van der Waals surface area contributed by atoms with E-state index in [1.807, 2.05) is 0 Å². The van der Waals surface area contributed by atoms with Gasteiger partial charge in [0, 0.05) is 12.7 Å². The van der Waals surface area contributed by atoms with Crippen LogP contribution in [0.25, 0.3) is 0 Å². The third-order valence-electron chi connectivity index (χ3n) is 3.97. The van der Waals surface area contributed by atoms with E-state index < -0.39 is 17.3 Å². The predicted molar refractivity (Wildman–Crippen MR) is 56.3 cm³/mol. The van der Waals surface area contributed by atoms with Crippen LogP contribution in [0, 0.1) is 0 Å². The maximum atomic E-state index is 13.0. The van der Waals surface area contributed by atoms with Gasteiger partial charge in [-0.05, 0) is 37.9 Å². The van der Waals surface area contributed by atoms with Gasteiger partial charge in [0.2, 0.25) is 0 Å². The molecular formula is C12H13F3N2. The molecule has 17 heavy (non-hydrogen) atoms. The molecule has 0 spiro atoms. The Kier molecular flexibility index (Phi) is 2.23. The largest absolute Gasteiger partial charge is 0.418 e. The number of hydrogen-bond acceptors (Lipinski definition) is 2. The smallest absolute Gasteiger partial charge is 0.292 e. The maximum absolute atomic E-state index is 13.0. The van der Waals surface area contributed by atoms with E-state index in [0.717, 1.165) is 38.4 Å². The summed E-state index contributed by atoms with van der Waals surface area (Å²) in [6.07, 6.45) is -0.273. The quantitative estimate of drug-likeness (QED) is 0.752. The molecule has 3 rings (SSSR count). The number of pyridine rings is 1. The van der Waals surface area contributed by atoms with Crippen LogP contribution in [0.2, 0.25) is 0 Å². The Morgan fingerprint density at radius 1 is 1.24 bits per heavy atom. The molecule has 0 amide bonds. The first-order valence-corrected chi connectivity index (χ1v) is 5.82. The highest BCUT2D eigenvalue weighted by atomic mass is 19.4. The van der Waals surface area contributed by atoms with Crippen molar-refractivity contribution in [3.63, 3.8) is 0 Å². The fourth-order valence-electron chi connectivity index (χ4n) is 3.10. The molecule has 0 saturated carbocycles. The van der Waals surface area contributed by atoms with Crippen molar-refractivity contribution >= 4 is 0 Å². The van der Waals surface area contributed by atoms with Gasteiger partial charge in [-0.3, -0.25) is 9.88 Å². The molecule has 2 fully saturated rings. The molecule has 2 saturated heterocycles. The van der Waals surface area contributed by atoms with Crippen molar-refractivity contribution in [3.05, 3.63) is 29.6 Å². The number of hydrogen-bond donors (Lipinski definition) is 0. The van der Waals surface area contributed by atoms with Gasteiger partial charge in [-0.15, -0.1) is 0 Å². The number of nitrogens with zero attached hydrogens (tertiary/aromatic N) is 2. The van der Waals surface area contributed by atoms with Crippen molar-refractivity contribution in [3.8, 4) is 0 Å². The Labute approximate surface area is 97.5 Å². The molecule has 2 aliphatic rings. The molecule has 92 valence electrons. The Morgan fingerprint density at radius 2 is 2.06 bits per heavy atom. The molecule has 0 aliphatic carbocycles. The number of rotatable bonds is 1. The van der Waals surface area contributed by atoms with Gasteiger partial charge in [0.05, 0.1) is 16.8 Å². The second-order valence-electron chi connectivity index (χ2n) is 4.77. The van der Waals surface area contributed by atoms with Crippen molar-refractivity contribution < 1.29 is 13.2 Å². The van der Waals surface area contributed by atoms with Crippen LogP contribution in [-0.2, 0) is 11.7 Å². The van der Waals surface area contributed by atoms with Gasteiger partial charge in [0.25, 0.3) is 0 Å². The van der Waals surface area contributed by atoms with E-state index in [1.54, 1.807) is 0 Å². The van der Waals surface area contributed by atoms with Crippen LogP contribution in [0.4, 0.5) is 13.2 Å². The minimum atomic E-state index is -4.30. The Morgan fingerprint density at radius 3 is 2.65 bits per heavy atom. The molecular weight excluding hydrogens is 229 g/mol. The minimum Gasteiger partial charge on any atom is -0.292 e. The topological polar surface area (TPSA) is 16.1 Å². The molecule has 5 heteroatoms. The van der Waals surface area contributed by atoms with E-state index >= 15 is 0 Å². The summed E-state index contributed by atoms with van der Waals surface area (Å²) in [5.41, 5.74) is -0.755. The third kappa shape index (κ3) is 1.48. The average molecular weight is 242 g/mol. The first-order valence-electron chi connectivity index (χ1n) is 5.82. The van der Waals surface area contributed by atoms with E-state index in [2.05, 4.69) is 9.88 Å². The van der Waals surface area contributed by atoms with Crippen molar-refractivity contribution in [2.45, 2.75) is 31.0 Å². The minimum absolute atomic E-state index is 0.233. The van der Waals surface area contributed by atoms with Crippen LogP contribution in [0.1, 0.15) is 30.5 Å². The molecule has 0 N–H and O–H groups in total. The summed E-state index contributed by atoms with van der Waals surface area (Å²) in [6, 6.07) is 2.51. The number of aromatic nitrogens is 1. The van der Waals surface area contributed by atoms with Gasteiger partial charge in [0.1, 0.15) is 0 Å². The molecule has 1 atom stereocenters. The van der Waals surface area contributed by atoms with E-state index in [9.17, 15) is 13.2 Å². The SMILES string of the molecule is FC(F)(F)c1cccnc1C12CCCN1CC2. The molecule has 1 unspecified atom stereocenters. The fraction of sp³-hybridized carbons (Fsp3) is 0.583. The van der Waals surface area contributed by atoms with Crippen LogP contribution in [0.3, 0.4) is 0 Å². The van der Waals surface area contributed by atoms with Gasteiger partial charge in [-0.25, -0.2) is 0 Å². The molecule has 2 aliphatic heterocycles. The number of halogens is 3. The fourth-order valence-corrected chi connectivity index (χ4v) is 3.10. The molecule has 1 aromatic heterocycles. The van der Waals surface area contributed by atoms with Gasteiger partial charge >= 0.3 is 6.18 Å². The number of fused-ring (bicyclic) bond motifs is 1. The van der Waals surface area contributed by atoms with Crippen molar-refractivity contribution in [2.75, 3.05) is 13.1 Å². The summed E-state index contributed by atoms with van der Waals surface area (Å²) in [4.78, 5) is 6.17. The zero-order valence-electron chi connectivity index (χ0n) is 9.30. The monoisotopic (exact) mass is 242 g/mol. The third-order valence-corrected chi connectivity index (χ3v) is 3.97. The molecule has 1 aromatic rings. The molecule has 2 nitrogen and oxygen atoms in total. The summed E-state index contributed by atoms with van der Waals surface area (Å²) in [5, 5.41) is 0. The highest BCUT2D eigenvalue weighted by molar-refractivity contribution is 5.33. The second-order valence-corrected chi connectivity index (χ2v) is 4.77. The second kappa shape index (κ2) is 3.45. The van der Waals surface area contributed by atoms with Crippen LogP contribution in [0.15, 0.2) is 18.3 Å². The van der Waals surface area contributed by atoms with Crippen LogP contribution in [0.5, 0.6) is 0 Å². The van der Waals surface area contributed by atoms with Crippen LogP contribution >= 0.6 is 0 Å². The molecule has 3 heterocycles. The summed E-state index contributed by atoms with van der Waals surface area (Å²) in [5.74, 6) is 0. The summed E-state index contributed by atoms with van der Waals surface area (Å²) in [6.45, 7) is 1.79. The normalized spacial score (nSPS) is 28.9. The lowest BCUT2D eigenvalue weighted by molar-refractivity contribution is -0.141. The molecule has 0 radical (unpaired) electrons. The Hall–Kier alpha value is -1.10. The highest BCUT2D eigenvalue weighted by Gasteiger charge is 2.53. The average Bonchev–Trinajstić information content (AvgIpc) is 2.54. The highest BCUT2D eigenvalue weighted by Crippen LogP contribution is 2.50. The van der Waals surface area contributed by atoms with E-state index in [1.165, 1.54) is 12.3 Å². The number of alkyl halides is 3. The standard InChI is InChI=1S/C12H13F3N2/c13-12(14,15)9-3-1-6-16-10(9)11-4-2-7-17(11)8-5-11/h1,3,6H,2,4-5,7-8H2. The Bertz CT molecular complexity index is 444. The van der Waals surface area contributed by atoms with E-state index in [-0.39, 0.29) is 5.69 Å². The zero-order chi connectivity index (χ0) is 12.1. The lowest BCUT2D eigenvalue weighted by atomic mass is 9.79. The molecule has 0 bridgehead atoms.